The first-order chi connectivity index (χ1) is 17.0. The summed E-state index contributed by atoms with van der Waals surface area (Å²) in [6, 6.07) is 20.9. The molecule has 0 radical (unpaired) electrons. The zero-order valence-electron chi connectivity index (χ0n) is 19.8. The van der Waals surface area contributed by atoms with Gasteiger partial charge in [-0.2, -0.15) is 0 Å². The fourth-order valence-corrected chi connectivity index (χ4v) is 4.67. The van der Waals surface area contributed by atoms with Crippen LogP contribution in [0.4, 0.5) is 0 Å². The van der Waals surface area contributed by atoms with E-state index >= 15 is 0 Å². The number of likely N-dealkylation sites (tertiary alicyclic amines) is 1. The zero-order valence-corrected chi connectivity index (χ0v) is 19.8. The molecule has 0 spiro atoms. The van der Waals surface area contributed by atoms with Crippen LogP contribution in [0.3, 0.4) is 0 Å². The van der Waals surface area contributed by atoms with E-state index in [9.17, 15) is 9.59 Å². The molecule has 2 amide bonds. The number of rotatable bonds is 6. The highest BCUT2D eigenvalue weighted by molar-refractivity contribution is 5.95. The number of hydrogen-bond acceptors (Lipinski definition) is 5. The van der Waals surface area contributed by atoms with Crippen molar-refractivity contribution in [1.29, 1.82) is 0 Å². The summed E-state index contributed by atoms with van der Waals surface area (Å²) in [6.07, 6.45) is 0. The topological polar surface area (TPSA) is 77.1 Å². The van der Waals surface area contributed by atoms with Crippen molar-refractivity contribution in [2.45, 2.75) is 19.4 Å². The van der Waals surface area contributed by atoms with E-state index in [1.54, 1.807) is 36.3 Å². The Labute approximate surface area is 204 Å². The van der Waals surface area contributed by atoms with Gasteiger partial charge in [-0.25, -0.2) is 0 Å². The quantitative estimate of drug-likeness (QED) is 0.589. The predicted molar refractivity (Wildman–Crippen MR) is 131 cm³/mol. The van der Waals surface area contributed by atoms with Crippen LogP contribution in [0.1, 0.15) is 33.0 Å². The Morgan fingerprint density at radius 3 is 2.46 bits per heavy atom. The van der Waals surface area contributed by atoms with Crippen LogP contribution in [0.5, 0.6) is 17.2 Å². The van der Waals surface area contributed by atoms with Crippen LogP contribution in [-0.2, 0) is 11.3 Å². The number of carbonyl (C=O) groups is 2. The fourth-order valence-electron chi connectivity index (χ4n) is 4.67. The average Bonchev–Trinajstić information content (AvgIpc) is 3.54. The van der Waals surface area contributed by atoms with Crippen LogP contribution in [0, 0.1) is 12.8 Å². The minimum atomic E-state index is -0.353. The molecular formula is C28H28N2O5. The Bertz CT molecular complexity index is 1220. The molecular weight excluding hydrogens is 444 g/mol. The van der Waals surface area contributed by atoms with Gasteiger partial charge in [-0.05, 0) is 54.4 Å². The number of benzene rings is 3. The van der Waals surface area contributed by atoms with Crippen molar-refractivity contribution >= 4 is 11.8 Å². The van der Waals surface area contributed by atoms with Gasteiger partial charge in [0.1, 0.15) is 5.75 Å². The number of carbonyl (C=O) groups excluding carboxylic acids is 2. The maximum absolute atomic E-state index is 13.4. The lowest BCUT2D eigenvalue weighted by molar-refractivity contribution is -0.125. The van der Waals surface area contributed by atoms with E-state index < -0.39 is 0 Å². The number of hydrogen-bond donors (Lipinski definition) is 1. The molecule has 2 atom stereocenters. The summed E-state index contributed by atoms with van der Waals surface area (Å²) >= 11 is 0. The maximum atomic E-state index is 13.4. The summed E-state index contributed by atoms with van der Waals surface area (Å²) in [5.41, 5.74) is 3.72. The Kier molecular flexibility index (Phi) is 6.31. The Hall–Kier alpha value is -4.00. The lowest BCUT2D eigenvalue weighted by atomic mass is 9.88. The highest BCUT2D eigenvalue weighted by Crippen LogP contribution is 2.35. The van der Waals surface area contributed by atoms with Crippen molar-refractivity contribution in [1.82, 2.24) is 10.2 Å². The van der Waals surface area contributed by atoms with Crippen LogP contribution in [0.2, 0.25) is 0 Å². The molecule has 0 saturated carbocycles. The second-order valence-electron chi connectivity index (χ2n) is 8.97. The fraction of sp³-hybridized carbons (Fsp3) is 0.286. The molecule has 1 saturated heterocycles. The monoisotopic (exact) mass is 472 g/mol. The molecule has 0 aliphatic carbocycles. The summed E-state index contributed by atoms with van der Waals surface area (Å²) in [5, 5.41) is 3.07. The van der Waals surface area contributed by atoms with Gasteiger partial charge in [0, 0.05) is 31.1 Å². The molecule has 1 fully saturated rings. The molecule has 0 bridgehead atoms. The van der Waals surface area contributed by atoms with Gasteiger partial charge in [0.05, 0.1) is 13.0 Å². The number of nitrogens with one attached hydrogen (secondary N) is 1. The molecule has 7 nitrogen and oxygen atoms in total. The van der Waals surface area contributed by atoms with E-state index in [0.29, 0.717) is 42.4 Å². The van der Waals surface area contributed by atoms with E-state index in [0.717, 1.165) is 16.7 Å². The summed E-state index contributed by atoms with van der Waals surface area (Å²) in [5.74, 6) is 1.49. The van der Waals surface area contributed by atoms with Crippen molar-refractivity contribution in [3.8, 4) is 17.2 Å². The van der Waals surface area contributed by atoms with E-state index in [2.05, 4.69) is 17.4 Å². The smallest absolute Gasteiger partial charge is 0.253 e. The van der Waals surface area contributed by atoms with Crippen LogP contribution in [0.25, 0.3) is 0 Å². The maximum Gasteiger partial charge on any atom is 0.253 e. The standard InChI is InChI=1S/C28H28N2O5/c1-18-3-6-20(7-4-18)23-15-30(28(32)21-8-10-22(33-2)11-9-21)16-24(23)27(31)29-14-19-5-12-25-26(13-19)35-17-34-25/h3-13,23-24H,14-17H2,1-2H3,(H,29,31). The first kappa shape index (κ1) is 22.8. The zero-order chi connectivity index (χ0) is 24.4. The molecule has 35 heavy (non-hydrogen) atoms. The number of amides is 2. The van der Waals surface area contributed by atoms with Crippen LogP contribution < -0.4 is 19.5 Å². The lowest BCUT2D eigenvalue weighted by Gasteiger charge is -2.18. The molecule has 0 aromatic heterocycles. The highest BCUT2D eigenvalue weighted by atomic mass is 16.7. The van der Waals surface area contributed by atoms with Gasteiger partial charge in [-0.3, -0.25) is 9.59 Å². The number of aryl methyl sites for hydroxylation is 1. The second kappa shape index (κ2) is 9.70. The van der Waals surface area contributed by atoms with Crippen LogP contribution in [-0.4, -0.2) is 43.7 Å². The van der Waals surface area contributed by atoms with Gasteiger partial charge in [0.15, 0.2) is 11.5 Å². The minimum absolute atomic E-state index is 0.0710. The van der Waals surface area contributed by atoms with E-state index in [-0.39, 0.29) is 30.4 Å². The molecule has 5 rings (SSSR count). The first-order valence-electron chi connectivity index (χ1n) is 11.7. The van der Waals surface area contributed by atoms with Crippen molar-refractivity contribution in [3.63, 3.8) is 0 Å². The van der Waals surface area contributed by atoms with E-state index in [1.807, 2.05) is 37.3 Å². The van der Waals surface area contributed by atoms with Gasteiger partial charge in [-0.1, -0.05) is 35.9 Å². The molecule has 2 aliphatic heterocycles. The third-order valence-electron chi connectivity index (χ3n) is 6.69. The first-order valence-corrected chi connectivity index (χ1v) is 11.7. The van der Waals surface area contributed by atoms with Crippen molar-refractivity contribution in [2.75, 3.05) is 27.0 Å². The van der Waals surface area contributed by atoms with Crippen LogP contribution >= 0.6 is 0 Å². The lowest BCUT2D eigenvalue weighted by Crippen LogP contribution is -2.35. The molecule has 3 aromatic rings. The van der Waals surface area contributed by atoms with Gasteiger partial charge in [0.25, 0.3) is 5.91 Å². The minimum Gasteiger partial charge on any atom is -0.497 e. The summed E-state index contributed by atoms with van der Waals surface area (Å²) in [7, 11) is 1.59. The number of fused-ring (bicyclic) bond motifs is 1. The molecule has 180 valence electrons. The van der Waals surface area contributed by atoms with Gasteiger partial charge >= 0.3 is 0 Å². The van der Waals surface area contributed by atoms with Crippen molar-refractivity contribution in [3.05, 3.63) is 89.0 Å². The van der Waals surface area contributed by atoms with Gasteiger partial charge in [-0.15, -0.1) is 0 Å². The molecule has 2 aliphatic rings. The highest BCUT2D eigenvalue weighted by Gasteiger charge is 2.40. The van der Waals surface area contributed by atoms with Crippen molar-refractivity contribution in [2.24, 2.45) is 5.92 Å². The number of methoxy groups -OCH3 is 1. The molecule has 1 N–H and O–H groups in total. The largest absolute Gasteiger partial charge is 0.497 e. The molecule has 2 heterocycles. The summed E-state index contributed by atoms with van der Waals surface area (Å²) < 4.78 is 16.0. The van der Waals surface area contributed by atoms with Crippen LogP contribution in [0.15, 0.2) is 66.7 Å². The Morgan fingerprint density at radius 2 is 1.71 bits per heavy atom. The molecule has 2 unspecified atom stereocenters. The third kappa shape index (κ3) is 4.80. The SMILES string of the molecule is COc1ccc(C(=O)N2CC(C(=O)NCc3ccc4c(c3)OCO4)C(c3ccc(C)cc3)C2)cc1. The molecule has 3 aromatic carbocycles. The van der Waals surface area contributed by atoms with E-state index in [1.165, 1.54) is 0 Å². The normalized spacial score (nSPS) is 18.4. The Morgan fingerprint density at radius 1 is 0.971 bits per heavy atom. The summed E-state index contributed by atoms with van der Waals surface area (Å²) in [6.45, 7) is 3.46. The number of ether oxygens (including phenoxy) is 3. The Balaban J connectivity index is 1.33. The average molecular weight is 473 g/mol. The third-order valence-corrected chi connectivity index (χ3v) is 6.69. The predicted octanol–water partition coefficient (Wildman–Crippen LogP) is 3.90. The molecule has 7 heteroatoms. The van der Waals surface area contributed by atoms with Gasteiger partial charge in [0.2, 0.25) is 12.7 Å². The number of nitrogens with zero attached hydrogens (tertiary/aromatic N) is 1. The van der Waals surface area contributed by atoms with E-state index in [4.69, 9.17) is 14.2 Å². The second-order valence-corrected chi connectivity index (χ2v) is 8.97. The van der Waals surface area contributed by atoms with Gasteiger partial charge < -0.3 is 24.4 Å². The summed E-state index contributed by atoms with van der Waals surface area (Å²) in [4.78, 5) is 28.4. The van der Waals surface area contributed by atoms with Crippen molar-refractivity contribution < 1.29 is 23.8 Å².